The molecule has 31 heavy (non-hydrogen) atoms. The molecule has 0 saturated heterocycles. The largest absolute Gasteiger partial charge is 0.495 e. The summed E-state index contributed by atoms with van der Waals surface area (Å²) in [6, 6.07) is 13.6. The molecule has 0 radical (unpaired) electrons. The number of ether oxygens (including phenoxy) is 2. The van der Waals surface area contributed by atoms with Gasteiger partial charge >= 0.3 is 6.03 Å². The summed E-state index contributed by atoms with van der Waals surface area (Å²) < 4.78 is 10.8. The third-order valence-corrected chi connectivity index (χ3v) is 4.33. The summed E-state index contributed by atoms with van der Waals surface area (Å²) in [6.07, 6.45) is 0.901. The molecule has 3 rings (SSSR count). The minimum absolute atomic E-state index is 0.412. The second-order valence-corrected chi connectivity index (χ2v) is 7.05. The van der Waals surface area contributed by atoms with Gasteiger partial charge in [-0.3, -0.25) is 0 Å². The van der Waals surface area contributed by atoms with Crippen LogP contribution in [0.5, 0.6) is 11.6 Å². The van der Waals surface area contributed by atoms with Gasteiger partial charge in [0.1, 0.15) is 17.4 Å². The summed E-state index contributed by atoms with van der Waals surface area (Å²) in [6.45, 7) is 4.44. The number of aryl methyl sites for hydroxylation is 1. The number of halogens is 1. The zero-order chi connectivity index (χ0) is 22.2. The van der Waals surface area contributed by atoms with Crippen molar-refractivity contribution < 1.29 is 14.3 Å². The van der Waals surface area contributed by atoms with E-state index in [0.717, 1.165) is 12.1 Å². The molecule has 0 atom stereocenters. The van der Waals surface area contributed by atoms with Crippen molar-refractivity contribution in [2.24, 2.45) is 0 Å². The van der Waals surface area contributed by atoms with Crippen LogP contribution in [0.3, 0.4) is 0 Å². The van der Waals surface area contributed by atoms with Gasteiger partial charge in [-0.2, -0.15) is 4.98 Å². The summed E-state index contributed by atoms with van der Waals surface area (Å²) in [4.78, 5) is 21.0. The first-order valence-electron chi connectivity index (χ1n) is 9.74. The first kappa shape index (κ1) is 22.2. The molecular formula is C22H24ClN5O3. The van der Waals surface area contributed by atoms with Crippen LogP contribution in [0.25, 0.3) is 0 Å². The highest BCUT2D eigenvalue weighted by Crippen LogP contribution is 2.28. The Bertz CT molecular complexity index is 1040. The number of anilines is 4. The van der Waals surface area contributed by atoms with Gasteiger partial charge in [-0.05, 0) is 55.8 Å². The van der Waals surface area contributed by atoms with E-state index in [1.165, 1.54) is 7.11 Å². The van der Waals surface area contributed by atoms with E-state index >= 15 is 0 Å². The lowest BCUT2D eigenvalue weighted by atomic mass is 10.2. The van der Waals surface area contributed by atoms with Crippen LogP contribution in [0.2, 0.25) is 5.02 Å². The number of aromatic nitrogens is 2. The summed E-state index contributed by atoms with van der Waals surface area (Å²) >= 11 is 5.99. The number of nitrogens with one attached hydrogen (secondary N) is 3. The smallest absolute Gasteiger partial charge is 0.323 e. The maximum atomic E-state index is 12.3. The van der Waals surface area contributed by atoms with E-state index in [2.05, 4.69) is 25.9 Å². The molecular weight excluding hydrogens is 418 g/mol. The van der Waals surface area contributed by atoms with Crippen LogP contribution in [0.1, 0.15) is 19.2 Å². The standard InChI is InChI=1S/C22H24ClN5O3/c1-4-11-31-21-13-20(24-14(2)25-21)26-16-6-8-17(9-7-16)27-22(29)28-18-12-15(23)5-10-19(18)30-3/h5-10,12-13H,4,11H2,1-3H3,(H,24,25,26)(H2,27,28,29). The van der Waals surface area contributed by atoms with Crippen molar-refractivity contribution in [2.75, 3.05) is 29.7 Å². The fraction of sp³-hybridized carbons (Fsp3) is 0.227. The van der Waals surface area contributed by atoms with Crippen LogP contribution in [0.15, 0.2) is 48.5 Å². The fourth-order valence-corrected chi connectivity index (χ4v) is 2.90. The maximum Gasteiger partial charge on any atom is 0.323 e. The molecule has 1 heterocycles. The molecule has 0 bridgehead atoms. The SMILES string of the molecule is CCCOc1cc(Nc2ccc(NC(=O)Nc3cc(Cl)ccc3OC)cc2)nc(C)n1. The van der Waals surface area contributed by atoms with E-state index in [0.29, 0.717) is 46.3 Å². The molecule has 0 unspecified atom stereocenters. The number of benzene rings is 2. The Balaban J connectivity index is 1.62. The molecule has 1 aromatic heterocycles. The first-order valence-corrected chi connectivity index (χ1v) is 10.1. The number of amides is 2. The average molecular weight is 442 g/mol. The fourth-order valence-electron chi connectivity index (χ4n) is 2.73. The van der Waals surface area contributed by atoms with Crippen molar-refractivity contribution in [2.45, 2.75) is 20.3 Å². The minimum atomic E-state index is -0.412. The Morgan fingerprint density at radius 3 is 2.48 bits per heavy atom. The number of hydrogen-bond donors (Lipinski definition) is 3. The van der Waals surface area contributed by atoms with Gasteiger partial charge in [0.25, 0.3) is 0 Å². The second kappa shape index (κ2) is 10.5. The molecule has 2 amide bonds. The van der Waals surface area contributed by atoms with Crippen molar-refractivity contribution in [3.05, 3.63) is 59.4 Å². The van der Waals surface area contributed by atoms with Crippen LogP contribution in [-0.4, -0.2) is 29.7 Å². The van der Waals surface area contributed by atoms with Gasteiger partial charge in [-0.15, -0.1) is 0 Å². The Labute approximate surface area is 186 Å². The monoisotopic (exact) mass is 441 g/mol. The second-order valence-electron chi connectivity index (χ2n) is 6.61. The van der Waals surface area contributed by atoms with E-state index in [4.69, 9.17) is 21.1 Å². The molecule has 0 aliphatic rings. The van der Waals surface area contributed by atoms with Crippen LogP contribution < -0.4 is 25.4 Å². The van der Waals surface area contributed by atoms with Gasteiger partial charge in [-0.1, -0.05) is 18.5 Å². The maximum absolute atomic E-state index is 12.3. The Hall–Kier alpha value is -3.52. The lowest BCUT2D eigenvalue weighted by Crippen LogP contribution is -2.19. The zero-order valence-corrected chi connectivity index (χ0v) is 18.3. The van der Waals surface area contributed by atoms with Crippen LogP contribution in [0, 0.1) is 6.92 Å². The topological polar surface area (TPSA) is 97.4 Å². The molecule has 0 fully saturated rings. The van der Waals surface area contributed by atoms with Crippen LogP contribution in [-0.2, 0) is 0 Å². The van der Waals surface area contributed by atoms with Crippen molar-refractivity contribution in [1.82, 2.24) is 9.97 Å². The molecule has 3 N–H and O–H groups in total. The van der Waals surface area contributed by atoms with Gasteiger partial charge in [0.15, 0.2) is 0 Å². The molecule has 162 valence electrons. The number of urea groups is 1. The van der Waals surface area contributed by atoms with Gasteiger partial charge < -0.3 is 25.4 Å². The van der Waals surface area contributed by atoms with E-state index < -0.39 is 6.03 Å². The molecule has 3 aromatic rings. The number of carbonyl (C=O) groups excluding carboxylic acids is 1. The number of rotatable bonds is 8. The molecule has 0 saturated carbocycles. The number of carbonyl (C=O) groups is 1. The predicted octanol–water partition coefficient (Wildman–Crippen LogP) is 5.62. The Kier molecular flexibility index (Phi) is 7.50. The Morgan fingerprint density at radius 1 is 1.03 bits per heavy atom. The highest BCUT2D eigenvalue weighted by Gasteiger charge is 2.09. The average Bonchev–Trinajstić information content (AvgIpc) is 2.73. The predicted molar refractivity (Wildman–Crippen MR) is 123 cm³/mol. The van der Waals surface area contributed by atoms with Gasteiger partial charge in [0, 0.05) is 22.5 Å². The highest BCUT2D eigenvalue weighted by atomic mass is 35.5. The summed E-state index contributed by atoms with van der Waals surface area (Å²) in [5.74, 6) is 2.29. The summed E-state index contributed by atoms with van der Waals surface area (Å²) in [5.41, 5.74) is 1.91. The third-order valence-electron chi connectivity index (χ3n) is 4.09. The third kappa shape index (κ3) is 6.48. The van der Waals surface area contributed by atoms with E-state index in [-0.39, 0.29) is 0 Å². The van der Waals surface area contributed by atoms with Crippen molar-refractivity contribution in [3.8, 4) is 11.6 Å². The van der Waals surface area contributed by atoms with Crippen molar-refractivity contribution in [3.63, 3.8) is 0 Å². The first-order chi connectivity index (χ1) is 15.0. The van der Waals surface area contributed by atoms with Gasteiger partial charge in [0.05, 0.1) is 19.4 Å². The van der Waals surface area contributed by atoms with E-state index in [1.807, 2.05) is 26.0 Å². The van der Waals surface area contributed by atoms with E-state index in [1.54, 1.807) is 36.4 Å². The summed E-state index contributed by atoms with van der Waals surface area (Å²) in [5, 5.41) is 9.21. The minimum Gasteiger partial charge on any atom is -0.495 e. The number of methoxy groups -OCH3 is 1. The molecule has 0 aliphatic heterocycles. The molecule has 8 nitrogen and oxygen atoms in total. The molecule has 2 aromatic carbocycles. The quantitative estimate of drug-likeness (QED) is 0.419. The molecule has 0 aliphatic carbocycles. The Morgan fingerprint density at radius 2 is 1.77 bits per heavy atom. The van der Waals surface area contributed by atoms with Gasteiger partial charge in [-0.25, -0.2) is 9.78 Å². The zero-order valence-electron chi connectivity index (χ0n) is 17.5. The van der Waals surface area contributed by atoms with E-state index in [9.17, 15) is 4.79 Å². The molecule has 9 heteroatoms. The lowest BCUT2D eigenvalue weighted by Gasteiger charge is -2.12. The summed E-state index contributed by atoms with van der Waals surface area (Å²) in [7, 11) is 1.52. The normalized spacial score (nSPS) is 10.3. The van der Waals surface area contributed by atoms with Crippen molar-refractivity contribution >= 4 is 40.5 Å². The van der Waals surface area contributed by atoms with Crippen LogP contribution in [0.4, 0.5) is 27.7 Å². The lowest BCUT2D eigenvalue weighted by molar-refractivity contribution is 0.262. The highest BCUT2D eigenvalue weighted by molar-refractivity contribution is 6.31. The molecule has 0 spiro atoms. The number of hydrogen-bond acceptors (Lipinski definition) is 6. The van der Waals surface area contributed by atoms with Gasteiger partial charge in [0.2, 0.25) is 5.88 Å². The number of nitrogens with zero attached hydrogens (tertiary/aromatic N) is 2. The van der Waals surface area contributed by atoms with Crippen molar-refractivity contribution in [1.29, 1.82) is 0 Å². The van der Waals surface area contributed by atoms with Crippen LogP contribution >= 0.6 is 11.6 Å².